The van der Waals surface area contributed by atoms with Crippen LogP contribution in [0.1, 0.15) is 6.42 Å². The number of benzene rings is 1. The molecule has 0 fully saturated rings. The molecule has 1 aromatic rings. The first-order valence-electron chi connectivity index (χ1n) is 5.49. The average Bonchev–Trinajstić information content (AvgIpc) is 2.49. The molecule has 0 aromatic heterocycles. The van der Waals surface area contributed by atoms with Gasteiger partial charge in [-0.2, -0.15) is 0 Å². The van der Waals surface area contributed by atoms with Gasteiger partial charge >= 0.3 is 0 Å². The van der Waals surface area contributed by atoms with Crippen LogP contribution in [0.2, 0.25) is 0 Å². The van der Waals surface area contributed by atoms with E-state index in [2.05, 4.69) is 48.6 Å². The molecular formula is C15H13N. The van der Waals surface area contributed by atoms with Crippen LogP contribution in [0.4, 0.5) is 0 Å². The molecule has 3 rings (SSSR count). The number of rotatable bonds is 0. The van der Waals surface area contributed by atoms with Gasteiger partial charge in [-0.25, -0.2) is 0 Å². The molecule has 0 spiro atoms. The minimum Gasteiger partial charge on any atom is -0.398 e. The Kier molecular flexibility index (Phi) is 2.03. The Labute approximate surface area is 94.6 Å². The summed E-state index contributed by atoms with van der Waals surface area (Å²) < 4.78 is 0. The number of allylic oxidation sites excluding steroid dienone is 5. The fourth-order valence-corrected chi connectivity index (χ4v) is 2.27. The highest BCUT2D eigenvalue weighted by Gasteiger charge is 2.11. The van der Waals surface area contributed by atoms with E-state index in [0.29, 0.717) is 0 Å². The summed E-state index contributed by atoms with van der Waals surface area (Å²) in [4.78, 5) is 0. The lowest BCUT2D eigenvalue weighted by atomic mass is 9.94. The first-order valence-corrected chi connectivity index (χ1v) is 5.49. The standard InChI is InChI=1S/C15H13N/c16-15-10-9-11-5-1-2-6-12(11)13-7-3-4-8-14(13)15/h1-6,8-10H,7,16H2. The largest absolute Gasteiger partial charge is 0.398 e. The monoisotopic (exact) mass is 207 g/mol. The lowest BCUT2D eigenvalue weighted by molar-refractivity contribution is 1.26. The van der Waals surface area contributed by atoms with Crippen molar-refractivity contribution in [3.05, 3.63) is 70.3 Å². The average molecular weight is 207 g/mol. The summed E-state index contributed by atoms with van der Waals surface area (Å²) in [6.45, 7) is 0. The maximum atomic E-state index is 6.08. The molecule has 0 unspecified atom stereocenters. The van der Waals surface area contributed by atoms with Gasteiger partial charge in [0.1, 0.15) is 0 Å². The van der Waals surface area contributed by atoms with Crippen LogP contribution in [-0.4, -0.2) is 0 Å². The molecule has 1 aromatic carbocycles. The number of nitrogens with two attached hydrogens (primary N) is 1. The minimum absolute atomic E-state index is 0.857. The lowest BCUT2D eigenvalue weighted by Gasteiger charge is -2.13. The van der Waals surface area contributed by atoms with Gasteiger partial charge < -0.3 is 5.73 Å². The van der Waals surface area contributed by atoms with Crippen LogP contribution >= 0.6 is 0 Å². The maximum absolute atomic E-state index is 6.08. The summed E-state index contributed by atoms with van der Waals surface area (Å²) in [7, 11) is 0. The molecule has 0 saturated carbocycles. The zero-order valence-electron chi connectivity index (χ0n) is 8.98. The molecule has 1 heteroatoms. The molecule has 78 valence electrons. The highest BCUT2D eigenvalue weighted by molar-refractivity contribution is 5.76. The second-order valence-corrected chi connectivity index (χ2v) is 4.07. The fraction of sp³-hybridized carbons (Fsp3) is 0.0667. The van der Waals surface area contributed by atoms with Gasteiger partial charge in [0.15, 0.2) is 0 Å². The third-order valence-electron chi connectivity index (χ3n) is 3.09. The molecule has 0 atom stereocenters. The Bertz CT molecular complexity index is 642. The van der Waals surface area contributed by atoms with Crippen LogP contribution in [0, 0.1) is 0 Å². The molecule has 1 nitrogen and oxygen atoms in total. The molecule has 0 bridgehead atoms. The molecule has 0 radical (unpaired) electrons. The molecule has 0 saturated heterocycles. The third kappa shape index (κ3) is 1.33. The summed E-state index contributed by atoms with van der Waals surface area (Å²) in [6.07, 6.45) is 11.4. The van der Waals surface area contributed by atoms with Gasteiger partial charge in [0.05, 0.1) is 0 Å². The predicted molar refractivity (Wildman–Crippen MR) is 67.7 cm³/mol. The Morgan fingerprint density at radius 1 is 1.00 bits per heavy atom. The van der Waals surface area contributed by atoms with E-state index in [-0.39, 0.29) is 0 Å². The van der Waals surface area contributed by atoms with Crippen molar-refractivity contribution in [3.8, 4) is 0 Å². The van der Waals surface area contributed by atoms with Crippen molar-refractivity contribution < 1.29 is 0 Å². The van der Waals surface area contributed by atoms with Gasteiger partial charge in [-0.15, -0.1) is 0 Å². The molecule has 16 heavy (non-hydrogen) atoms. The topological polar surface area (TPSA) is 26.0 Å². The van der Waals surface area contributed by atoms with Crippen LogP contribution in [0.3, 0.4) is 0 Å². The van der Waals surface area contributed by atoms with Crippen molar-refractivity contribution in [2.45, 2.75) is 6.42 Å². The van der Waals surface area contributed by atoms with Crippen molar-refractivity contribution >= 4 is 11.6 Å². The summed E-state index contributed by atoms with van der Waals surface area (Å²) in [5.41, 5.74) is 9.44. The third-order valence-corrected chi connectivity index (χ3v) is 3.09. The second kappa shape index (κ2) is 3.53. The van der Waals surface area contributed by atoms with Crippen molar-refractivity contribution in [1.29, 1.82) is 0 Å². The Morgan fingerprint density at radius 3 is 2.81 bits per heavy atom. The first kappa shape index (κ1) is 9.22. The Morgan fingerprint density at radius 2 is 1.88 bits per heavy atom. The maximum Gasteiger partial charge on any atom is 0.0390 e. The van der Waals surface area contributed by atoms with Crippen molar-refractivity contribution in [1.82, 2.24) is 0 Å². The van der Waals surface area contributed by atoms with E-state index in [4.69, 9.17) is 5.73 Å². The molecule has 2 aliphatic carbocycles. The fourth-order valence-electron chi connectivity index (χ4n) is 2.27. The van der Waals surface area contributed by atoms with Crippen LogP contribution < -0.4 is 16.2 Å². The molecule has 2 N–H and O–H groups in total. The van der Waals surface area contributed by atoms with Gasteiger partial charge in [-0.1, -0.05) is 48.6 Å². The van der Waals surface area contributed by atoms with Crippen LogP contribution in [-0.2, 0) is 0 Å². The lowest BCUT2D eigenvalue weighted by Crippen LogP contribution is -2.26. The Balaban J connectivity index is 2.46. The Hall–Kier alpha value is -2.02. The predicted octanol–water partition coefficient (Wildman–Crippen LogP) is 1.36. The van der Waals surface area contributed by atoms with Gasteiger partial charge in [0, 0.05) is 11.3 Å². The van der Waals surface area contributed by atoms with Crippen molar-refractivity contribution in [2.24, 2.45) is 5.73 Å². The van der Waals surface area contributed by atoms with Gasteiger partial charge in [-0.05, 0) is 28.5 Å². The van der Waals surface area contributed by atoms with E-state index < -0.39 is 0 Å². The quantitative estimate of drug-likeness (QED) is 0.683. The first-order chi connectivity index (χ1) is 7.86. The molecule has 0 aliphatic heterocycles. The zero-order chi connectivity index (χ0) is 11.0. The number of hydrogen-bond acceptors (Lipinski definition) is 1. The summed E-state index contributed by atoms with van der Waals surface area (Å²) in [5, 5.41) is 2.55. The SMILES string of the molecule is NC1=CC=c2ccccc2=C2CC=CC=C12. The zero-order valence-corrected chi connectivity index (χ0v) is 8.98. The summed E-state index contributed by atoms with van der Waals surface area (Å²) in [6, 6.07) is 8.44. The highest BCUT2D eigenvalue weighted by atomic mass is 14.6. The summed E-state index contributed by atoms with van der Waals surface area (Å²) >= 11 is 0. The van der Waals surface area contributed by atoms with Gasteiger partial charge in [0.25, 0.3) is 0 Å². The molecule has 0 heterocycles. The van der Waals surface area contributed by atoms with Crippen LogP contribution in [0.25, 0.3) is 11.6 Å². The van der Waals surface area contributed by atoms with E-state index in [0.717, 1.165) is 12.1 Å². The normalized spacial score (nSPS) is 17.6. The smallest absolute Gasteiger partial charge is 0.0390 e. The number of fused-ring (bicyclic) bond motifs is 2. The van der Waals surface area contributed by atoms with Crippen molar-refractivity contribution in [3.63, 3.8) is 0 Å². The van der Waals surface area contributed by atoms with Crippen LogP contribution in [0.15, 0.2) is 59.8 Å². The summed E-state index contributed by atoms with van der Waals surface area (Å²) in [5.74, 6) is 0. The van der Waals surface area contributed by atoms with Crippen molar-refractivity contribution in [2.75, 3.05) is 0 Å². The van der Waals surface area contributed by atoms with Gasteiger partial charge in [0.2, 0.25) is 0 Å². The molecule has 0 amide bonds. The molecular weight excluding hydrogens is 194 g/mol. The second-order valence-electron chi connectivity index (χ2n) is 4.07. The van der Waals surface area contributed by atoms with E-state index in [1.165, 1.54) is 21.6 Å². The van der Waals surface area contributed by atoms with Crippen LogP contribution in [0.5, 0.6) is 0 Å². The number of hydrogen-bond donors (Lipinski definition) is 1. The van der Waals surface area contributed by atoms with E-state index >= 15 is 0 Å². The van der Waals surface area contributed by atoms with Gasteiger partial charge in [-0.3, -0.25) is 0 Å². The van der Waals surface area contributed by atoms with E-state index in [1.54, 1.807) is 0 Å². The highest BCUT2D eigenvalue weighted by Crippen LogP contribution is 2.24. The van der Waals surface area contributed by atoms with E-state index in [1.807, 2.05) is 6.08 Å². The van der Waals surface area contributed by atoms with E-state index in [9.17, 15) is 0 Å². The minimum atomic E-state index is 0.857. The molecule has 2 aliphatic rings.